The number of rotatable bonds is 7. The average Bonchev–Trinajstić information content (AvgIpc) is 2.60. The molecule has 2 aromatic carbocycles. The average molecular weight is 383 g/mol. The summed E-state index contributed by atoms with van der Waals surface area (Å²) in [5, 5.41) is 2.22. The van der Waals surface area contributed by atoms with Crippen LogP contribution >= 0.6 is 0 Å². The first-order chi connectivity index (χ1) is 12.3. The molecule has 0 unspecified atom stereocenters. The molecular formula is C17H15F2NO5S. The van der Waals surface area contributed by atoms with Gasteiger partial charge in [-0.05, 0) is 36.4 Å². The van der Waals surface area contributed by atoms with Gasteiger partial charge in [-0.15, -0.1) is 0 Å². The van der Waals surface area contributed by atoms with E-state index in [2.05, 4.69) is 10.1 Å². The van der Waals surface area contributed by atoms with Crippen molar-refractivity contribution in [2.75, 3.05) is 17.7 Å². The molecule has 0 radical (unpaired) electrons. The molecule has 0 aromatic heterocycles. The molecule has 6 nitrogen and oxygen atoms in total. The van der Waals surface area contributed by atoms with Crippen molar-refractivity contribution in [1.82, 2.24) is 0 Å². The molecule has 1 N–H and O–H groups in total. The summed E-state index contributed by atoms with van der Waals surface area (Å²) < 4.78 is 54.9. The molecule has 2 rings (SSSR count). The van der Waals surface area contributed by atoms with Gasteiger partial charge in [0.1, 0.15) is 11.6 Å². The third kappa shape index (κ3) is 5.62. The number of para-hydroxylation sites is 1. The number of carbonyl (C=O) groups is 2. The van der Waals surface area contributed by atoms with E-state index < -0.39 is 52.1 Å². The Kier molecular flexibility index (Phi) is 6.40. The summed E-state index contributed by atoms with van der Waals surface area (Å²) in [4.78, 5) is 23.1. The van der Waals surface area contributed by atoms with Crippen LogP contribution in [0.5, 0.6) is 0 Å². The second-order valence-electron chi connectivity index (χ2n) is 5.21. The van der Waals surface area contributed by atoms with Crippen LogP contribution in [0.15, 0.2) is 53.4 Å². The maximum atomic E-state index is 13.4. The summed E-state index contributed by atoms with van der Waals surface area (Å²) in [6.07, 6.45) is -0.479. The zero-order chi connectivity index (χ0) is 19.2. The smallest absolute Gasteiger partial charge is 0.307 e. The zero-order valence-electron chi connectivity index (χ0n) is 13.4. The molecule has 1 amide bonds. The van der Waals surface area contributed by atoms with Crippen molar-refractivity contribution in [2.24, 2.45) is 0 Å². The molecule has 138 valence electrons. The molecule has 0 saturated carbocycles. The lowest BCUT2D eigenvalue weighted by Crippen LogP contribution is -2.22. The Balaban J connectivity index is 1.80. The number of nitrogens with one attached hydrogen (secondary N) is 1. The number of hydrogen-bond donors (Lipinski definition) is 1. The van der Waals surface area contributed by atoms with E-state index in [0.717, 1.165) is 30.3 Å². The monoisotopic (exact) mass is 383 g/mol. The summed E-state index contributed by atoms with van der Waals surface area (Å²) >= 11 is 0. The molecule has 0 aliphatic heterocycles. The lowest BCUT2D eigenvalue weighted by molar-refractivity contribution is -0.146. The molecule has 0 atom stereocenters. The van der Waals surface area contributed by atoms with E-state index in [1.54, 1.807) is 0 Å². The number of carbonyl (C=O) groups excluding carboxylic acids is 2. The quantitative estimate of drug-likeness (QED) is 0.585. The van der Waals surface area contributed by atoms with Gasteiger partial charge >= 0.3 is 5.97 Å². The molecule has 0 saturated heterocycles. The molecule has 0 aliphatic carbocycles. The van der Waals surface area contributed by atoms with Crippen LogP contribution in [0.3, 0.4) is 0 Å². The summed E-state index contributed by atoms with van der Waals surface area (Å²) in [5.41, 5.74) is -0.0626. The van der Waals surface area contributed by atoms with Crippen LogP contribution in [0.25, 0.3) is 0 Å². The molecule has 9 heteroatoms. The van der Waals surface area contributed by atoms with Gasteiger partial charge in [0.05, 0.1) is 22.8 Å². The van der Waals surface area contributed by atoms with Crippen LogP contribution in [-0.2, 0) is 24.2 Å². The molecule has 0 heterocycles. The Morgan fingerprint density at radius 1 is 1.00 bits per heavy atom. The van der Waals surface area contributed by atoms with Crippen LogP contribution in [0.1, 0.15) is 6.42 Å². The fourth-order valence-electron chi connectivity index (χ4n) is 1.94. The van der Waals surface area contributed by atoms with E-state index in [4.69, 9.17) is 0 Å². The minimum atomic E-state index is -3.78. The fraction of sp³-hybridized carbons (Fsp3) is 0.176. The van der Waals surface area contributed by atoms with Gasteiger partial charge < -0.3 is 10.1 Å². The van der Waals surface area contributed by atoms with E-state index in [9.17, 15) is 26.8 Å². The number of hydrogen-bond acceptors (Lipinski definition) is 5. The first kappa shape index (κ1) is 19.5. The Hall–Kier alpha value is -2.81. The van der Waals surface area contributed by atoms with Crippen molar-refractivity contribution in [2.45, 2.75) is 11.3 Å². The van der Waals surface area contributed by atoms with E-state index in [-0.39, 0.29) is 10.6 Å². The van der Waals surface area contributed by atoms with E-state index >= 15 is 0 Å². The van der Waals surface area contributed by atoms with Crippen molar-refractivity contribution in [3.05, 3.63) is 60.2 Å². The van der Waals surface area contributed by atoms with Gasteiger partial charge in [0.15, 0.2) is 16.4 Å². The SMILES string of the molecule is O=C(COC(=O)CCS(=O)(=O)c1ccc(F)cc1)Nc1ccccc1F. The second-order valence-corrected chi connectivity index (χ2v) is 7.32. The Bertz CT molecular complexity index is 898. The second kappa shape index (κ2) is 8.52. The molecule has 26 heavy (non-hydrogen) atoms. The Morgan fingerprint density at radius 2 is 1.65 bits per heavy atom. The van der Waals surface area contributed by atoms with Crippen LogP contribution in [0.4, 0.5) is 14.5 Å². The van der Waals surface area contributed by atoms with Gasteiger partial charge in [-0.3, -0.25) is 9.59 Å². The molecule has 0 fully saturated rings. The Morgan fingerprint density at radius 3 is 2.31 bits per heavy atom. The number of benzene rings is 2. The minimum Gasteiger partial charge on any atom is -0.456 e. The molecule has 0 aliphatic rings. The summed E-state index contributed by atoms with van der Waals surface area (Å²) in [5.74, 6) is -3.43. The number of sulfone groups is 1. The maximum Gasteiger partial charge on any atom is 0.307 e. The van der Waals surface area contributed by atoms with Gasteiger partial charge in [0, 0.05) is 0 Å². The van der Waals surface area contributed by atoms with Gasteiger partial charge in [-0.25, -0.2) is 17.2 Å². The Labute approximate surface area is 148 Å². The highest BCUT2D eigenvalue weighted by atomic mass is 32.2. The summed E-state index contributed by atoms with van der Waals surface area (Å²) in [6.45, 7) is -0.677. The topological polar surface area (TPSA) is 89.5 Å². The van der Waals surface area contributed by atoms with Gasteiger partial charge in [0.2, 0.25) is 0 Å². The largest absolute Gasteiger partial charge is 0.456 e. The van der Waals surface area contributed by atoms with Crippen molar-refractivity contribution in [1.29, 1.82) is 0 Å². The standard InChI is InChI=1S/C17H15F2NO5S/c18-12-5-7-13(8-6-12)26(23,24)10-9-17(22)25-11-16(21)20-15-4-2-1-3-14(15)19/h1-8H,9-11H2,(H,20,21). The highest BCUT2D eigenvalue weighted by Crippen LogP contribution is 2.14. The van der Waals surface area contributed by atoms with Crippen LogP contribution in [0, 0.1) is 11.6 Å². The molecular weight excluding hydrogens is 368 g/mol. The molecule has 0 spiro atoms. The summed E-state index contributed by atoms with van der Waals surface area (Å²) in [6, 6.07) is 9.65. The van der Waals surface area contributed by atoms with Crippen molar-refractivity contribution >= 4 is 27.4 Å². The van der Waals surface area contributed by atoms with E-state index in [0.29, 0.717) is 0 Å². The normalized spacial score (nSPS) is 11.0. The zero-order valence-corrected chi connectivity index (χ0v) is 14.3. The van der Waals surface area contributed by atoms with Crippen molar-refractivity contribution < 1.29 is 31.5 Å². The number of halogens is 2. The first-order valence-electron chi connectivity index (χ1n) is 7.46. The van der Waals surface area contributed by atoms with Gasteiger partial charge in [0.25, 0.3) is 5.91 Å². The van der Waals surface area contributed by atoms with E-state index in [1.807, 2.05) is 0 Å². The van der Waals surface area contributed by atoms with Crippen molar-refractivity contribution in [3.8, 4) is 0 Å². The molecule has 0 bridgehead atoms. The number of anilines is 1. The van der Waals surface area contributed by atoms with Crippen LogP contribution in [0.2, 0.25) is 0 Å². The lowest BCUT2D eigenvalue weighted by atomic mass is 10.3. The predicted molar refractivity (Wildman–Crippen MR) is 89.1 cm³/mol. The third-order valence-corrected chi connectivity index (χ3v) is 4.99. The highest BCUT2D eigenvalue weighted by Gasteiger charge is 2.18. The lowest BCUT2D eigenvalue weighted by Gasteiger charge is -2.08. The van der Waals surface area contributed by atoms with Gasteiger partial charge in [-0.1, -0.05) is 12.1 Å². The molecule has 2 aromatic rings. The maximum absolute atomic E-state index is 13.4. The third-order valence-electron chi connectivity index (χ3n) is 3.26. The highest BCUT2D eigenvalue weighted by molar-refractivity contribution is 7.91. The minimum absolute atomic E-state index is 0.0626. The number of ether oxygens (including phenoxy) is 1. The van der Waals surface area contributed by atoms with Crippen LogP contribution < -0.4 is 5.32 Å². The van der Waals surface area contributed by atoms with Gasteiger partial charge in [-0.2, -0.15) is 0 Å². The fourth-order valence-corrected chi connectivity index (χ4v) is 3.17. The summed E-state index contributed by atoms with van der Waals surface area (Å²) in [7, 11) is -3.78. The first-order valence-corrected chi connectivity index (χ1v) is 9.11. The number of amides is 1. The van der Waals surface area contributed by atoms with Crippen LogP contribution in [-0.4, -0.2) is 32.7 Å². The van der Waals surface area contributed by atoms with E-state index in [1.165, 1.54) is 18.2 Å². The number of esters is 1. The van der Waals surface area contributed by atoms with Crippen molar-refractivity contribution in [3.63, 3.8) is 0 Å². The predicted octanol–water partition coefficient (Wildman–Crippen LogP) is 2.31.